The molecule has 0 saturated carbocycles. The van der Waals surface area contributed by atoms with Crippen LogP contribution in [-0.2, 0) is 0 Å². The van der Waals surface area contributed by atoms with Crippen LogP contribution in [0.1, 0.15) is 19.8 Å². The van der Waals surface area contributed by atoms with E-state index < -0.39 is 0 Å². The Labute approximate surface area is 110 Å². The van der Waals surface area contributed by atoms with Crippen molar-refractivity contribution in [1.82, 2.24) is 4.37 Å². The molecule has 17 heavy (non-hydrogen) atoms. The third kappa shape index (κ3) is 2.69. The molecule has 0 spiro atoms. The zero-order valence-corrected chi connectivity index (χ0v) is 11.9. The highest BCUT2D eigenvalue weighted by Crippen LogP contribution is 2.39. The van der Waals surface area contributed by atoms with Gasteiger partial charge in [-0.2, -0.15) is 4.37 Å². The summed E-state index contributed by atoms with van der Waals surface area (Å²) in [6.07, 6.45) is 3.93. The molecule has 1 aliphatic heterocycles. The Morgan fingerprint density at radius 2 is 2.18 bits per heavy atom. The SMILES string of the molecule is CSc1c(N)nsc1N1CCC(C(C)O)CC1. The van der Waals surface area contributed by atoms with Crippen LogP contribution in [0.3, 0.4) is 0 Å². The van der Waals surface area contributed by atoms with Gasteiger partial charge < -0.3 is 15.7 Å². The van der Waals surface area contributed by atoms with E-state index in [-0.39, 0.29) is 6.10 Å². The van der Waals surface area contributed by atoms with Crippen LogP contribution in [0.5, 0.6) is 0 Å². The van der Waals surface area contributed by atoms with E-state index >= 15 is 0 Å². The lowest BCUT2D eigenvalue weighted by atomic mass is 9.92. The molecule has 1 saturated heterocycles. The highest BCUT2D eigenvalue weighted by Gasteiger charge is 2.25. The van der Waals surface area contributed by atoms with Gasteiger partial charge >= 0.3 is 0 Å². The van der Waals surface area contributed by atoms with Crippen LogP contribution in [0, 0.1) is 5.92 Å². The standard InChI is InChI=1S/C11H19N3OS2/c1-7(15)8-3-5-14(6-4-8)11-9(16-2)10(12)13-17-11/h7-8,15H,3-6H2,1-2H3,(H2,12,13). The largest absolute Gasteiger partial charge is 0.393 e. The van der Waals surface area contributed by atoms with Gasteiger partial charge in [-0.25, -0.2) is 0 Å². The lowest BCUT2D eigenvalue weighted by Crippen LogP contribution is -2.36. The first-order valence-corrected chi connectivity index (χ1v) is 7.85. The highest BCUT2D eigenvalue weighted by molar-refractivity contribution is 7.99. The van der Waals surface area contributed by atoms with Crippen molar-refractivity contribution in [1.29, 1.82) is 0 Å². The fourth-order valence-electron chi connectivity index (χ4n) is 2.26. The summed E-state index contributed by atoms with van der Waals surface area (Å²) < 4.78 is 4.22. The lowest BCUT2D eigenvalue weighted by Gasteiger charge is -2.34. The molecule has 0 bridgehead atoms. The molecule has 1 atom stereocenters. The molecule has 2 rings (SSSR count). The van der Waals surface area contributed by atoms with Crippen molar-refractivity contribution >= 4 is 34.1 Å². The molecular formula is C11H19N3OS2. The van der Waals surface area contributed by atoms with Crippen LogP contribution < -0.4 is 10.6 Å². The maximum absolute atomic E-state index is 9.59. The smallest absolute Gasteiger partial charge is 0.153 e. The van der Waals surface area contributed by atoms with Crippen molar-refractivity contribution in [2.45, 2.75) is 30.8 Å². The van der Waals surface area contributed by atoms with Gasteiger partial charge in [0, 0.05) is 13.1 Å². The van der Waals surface area contributed by atoms with Gasteiger partial charge in [-0.3, -0.25) is 0 Å². The van der Waals surface area contributed by atoms with Crippen molar-refractivity contribution < 1.29 is 5.11 Å². The predicted molar refractivity (Wildman–Crippen MR) is 74.9 cm³/mol. The molecule has 1 aromatic rings. The molecule has 1 aromatic heterocycles. The first-order valence-electron chi connectivity index (χ1n) is 5.85. The van der Waals surface area contributed by atoms with Gasteiger partial charge in [-0.05, 0) is 43.5 Å². The van der Waals surface area contributed by atoms with E-state index in [9.17, 15) is 5.11 Å². The molecule has 1 fully saturated rings. The van der Waals surface area contributed by atoms with Gasteiger partial charge in [-0.15, -0.1) is 11.8 Å². The van der Waals surface area contributed by atoms with Crippen LogP contribution in [0.25, 0.3) is 0 Å². The molecule has 0 radical (unpaired) electrons. The number of aliphatic hydroxyl groups is 1. The molecular weight excluding hydrogens is 254 g/mol. The Bertz CT molecular complexity index is 373. The minimum absolute atomic E-state index is 0.191. The highest BCUT2D eigenvalue weighted by atomic mass is 32.2. The number of thioether (sulfide) groups is 1. The Kier molecular flexibility index (Phi) is 4.17. The van der Waals surface area contributed by atoms with Crippen LogP contribution in [-0.4, -0.2) is 34.9 Å². The van der Waals surface area contributed by atoms with E-state index in [0.717, 1.165) is 30.8 Å². The van der Waals surface area contributed by atoms with Crippen molar-refractivity contribution in [3.05, 3.63) is 0 Å². The number of hydrogen-bond acceptors (Lipinski definition) is 6. The summed E-state index contributed by atoms with van der Waals surface area (Å²) in [6.45, 7) is 3.87. The van der Waals surface area contributed by atoms with E-state index in [4.69, 9.17) is 5.73 Å². The van der Waals surface area contributed by atoms with E-state index in [0.29, 0.717) is 11.7 Å². The first kappa shape index (κ1) is 13.0. The van der Waals surface area contributed by atoms with Crippen molar-refractivity contribution in [2.24, 2.45) is 5.92 Å². The number of rotatable bonds is 3. The third-order valence-corrected chi connectivity index (χ3v) is 5.23. The molecule has 1 unspecified atom stereocenters. The van der Waals surface area contributed by atoms with E-state index in [1.807, 2.05) is 13.2 Å². The molecule has 3 N–H and O–H groups in total. The molecule has 0 aromatic carbocycles. The number of aliphatic hydroxyl groups excluding tert-OH is 1. The van der Waals surface area contributed by atoms with Crippen molar-refractivity contribution in [2.75, 3.05) is 30.0 Å². The molecule has 2 heterocycles. The number of piperidine rings is 1. The van der Waals surface area contributed by atoms with Gasteiger partial charge in [0.05, 0.1) is 11.0 Å². The van der Waals surface area contributed by atoms with Crippen LogP contribution >= 0.6 is 23.3 Å². The first-order chi connectivity index (χ1) is 8.13. The number of hydrogen-bond donors (Lipinski definition) is 2. The second-order valence-electron chi connectivity index (χ2n) is 4.47. The zero-order valence-electron chi connectivity index (χ0n) is 10.2. The maximum Gasteiger partial charge on any atom is 0.153 e. The number of nitrogens with two attached hydrogens (primary N) is 1. The van der Waals surface area contributed by atoms with E-state index in [1.165, 1.54) is 16.5 Å². The average molecular weight is 273 g/mol. The van der Waals surface area contributed by atoms with Gasteiger partial charge in [0.25, 0.3) is 0 Å². The van der Waals surface area contributed by atoms with Crippen LogP contribution in [0.2, 0.25) is 0 Å². The fraction of sp³-hybridized carbons (Fsp3) is 0.727. The maximum atomic E-state index is 9.59. The second kappa shape index (κ2) is 5.46. The molecule has 6 heteroatoms. The summed E-state index contributed by atoms with van der Waals surface area (Å²) in [6, 6.07) is 0. The molecule has 4 nitrogen and oxygen atoms in total. The van der Waals surface area contributed by atoms with Crippen molar-refractivity contribution in [3.63, 3.8) is 0 Å². The predicted octanol–water partition coefficient (Wildman–Crippen LogP) is 2.04. The summed E-state index contributed by atoms with van der Waals surface area (Å²) in [7, 11) is 0. The lowest BCUT2D eigenvalue weighted by molar-refractivity contribution is 0.110. The average Bonchev–Trinajstić information content (AvgIpc) is 2.70. The van der Waals surface area contributed by atoms with E-state index in [1.54, 1.807) is 11.8 Å². The van der Waals surface area contributed by atoms with E-state index in [2.05, 4.69) is 9.27 Å². The summed E-state index contributed by atoms with van der Waals surface area (Å²) in [5, 5.41) is 10.8. The quantitative estimate of drug-likeness (QED) is 0.825. The zero-order chi connectivity index (χ0) is 12.4. The Balaban J connectivity index is 2.05. The fourth-order valence-corrected chi connectivity index (χ4v) is 4.00. The molecule has 96 valence electrons. The number of nitrogens with zero attached hydrogens (tertiary/aromatic N) is 2. The van der Waals surface area contributed by atoms with Crippen LogP contribution in [0.15, 0.2) is 4.90 Å². The molecule has 0 aliphatic carbocycles. The minimum atomic E-state index is -0.191. The van der Waals surface area contributed by atoms with Gasteiger partial charge in [-0.1, -0.05) is 0 Å². The second-order valence-corrected chi connectivity index (χ2v) is 6.04. The Morgan fingerprint density at radius 3 is 2.71 bits per heavy atom. The van der Waals surface area contributed by atoms with Gasteiger partial charge in [0.2, 0.25) is 0 Å². The number of aromatic nitrogens is 1. The van der Waals surface area contributed by atoms with Crippen molar-refractivity contribution in [3.8, 4) is 0 Å². The number of anilines is 2. The summed E-state index contributed by atoms with van der Waals surface area (Å²) in [5.41, 5.74) is 5.85. The number of nitrogen functional groups attached to an aromatic ring is 1. The summed E-state index contributed by atoms with van der Waals surface area (Å²) >= 11 is 3.15. The van der Waals surface area contributed by atoms with Gasteiger partial charge in [0.1, 0.15) is 5.00 Å². The van der Waals surface area contributed by atoms with Crippen LogP contribution in [0.4, 0.5) is 10.8 Å². The van der Waals surface area contributed by atoms with Gasteiger partial charge in [0.15, 0.2) is 5.82 Å². The third-order valence-electron chi connectivity index (χ3n) is 3.37. The molecule has 1 aliphatic rings. The monoisotopic (exact) mass is 273 g/mol. The minimum Gasteiger partial charge on any atom is -0.393 e. The normalized spacial score (nSPS) is 19.6. The summed E-state index contributed by atoms with van der Waals surface area (Å²) in [4.78, 5) is 3.45. The topological polar surface area (TPSA) is 62.4 Å². The molecule has 0 amide bonds. The Hall–Kier alpha value is -0.460. The summed E-state index contributed by atoms with van der Waals surface area (Å²) in [5.74, 6) is 1.09. The Morgan fingerprint density at radius 1 is 1.53 bits per heavy atom.